The summed E-state index contributed by atoms with van der Waals surface area (Å²) in [6.07, 6.45) is 2.58. The molecule has 1 aromatic rings. The van der Waals surface area contributed by atoms with Crippen molar-refractivity contribution in [3.05, 3.63) is 28.7 Å². The Morgan fingerprint density at radius 1 is 1.07 bits per heavy atom. The first-order valence-corrected chi connectivity index (χ1v) is 9.94. The van der Waals surface area contributed by atoms with Gasteiger partial charge in [-0.2, -0.15) is 0 Å². The average Bonchev–Trinajstić information content (AvgIpc) is 2.85. The topological polar surface area (TPSA) is 71.1 Å². The number of carbonyl (C=O) groups is 2. The lowest BCUT2D eigenvalue weighted by Gasteiger charge is -2.32. The van der Waals surface area contributed by atoms with Crippen LogP contribution in [0, 0.1) is 0 Å². The van der Waals surface area contributed by atoms with Crippen LogP contribution in [0.4, 0.5) is 0 Å². The summed E-state index contributed by atoms with van der Waals surface area (Å²) in [7, 11) is 2.43. The third kappa shape index (κ3) is 4.80. The number of hydrogen-bond donors (Lipinski definition) is 0. The zero-order chi connectivity index (χ0) is 21.1. The molecule has 28 heavy (non-hydrogen) atoms. The largest absolute Gasteiger partial charge is 0.493 e. The molecule has 0 aromatic heterocycles. The number of benzene rings is 1. The first-order valence-electron chi connectivity index (χ1n) is 8.95. The highest BCUT2D eigenvalue weighted by Crippen LogP contribution is 2.40. The molecule has 1 saturated heterocycles. The lowest BCUT2D eigenvalue weighted by atomic mass is 9.78. The van der Waals surface area contributed by atoms with E-state index in [1.54, 1.807) is 12.1 Å². The van der Waals surface area contributed by atoms with Crippen LogP contribution < -0.4 is 9.47 Å². The SMILES string of the molecule is COc1cc(C=O)c(C=C(CSC(C)=O)B2OC(C)(C)C(C)(C)O2)cc1OC. The van der Waals surface area contributed by atoms with Crippen LogP contribution in [0.25, 0.3) is 6.08 Å². The Morgan fingerprint density at radius 2 is 1.57 bits per heavy atom. The molecule has 0 amide bonds. The molecule has 1 aromatic carbocycles. The molecular weight excluding hydrogens is 379 g/mol. The van der Waals surface area contributed by atoms with E-state index in [4.69, 9.17) is 18.8 Å². The lowest BCUT2D eigenvalue weighted by molar-refractivity contribution is -0.109. The second-order valence-corrected chi connectivity index (χ2v) is 8.69. The van der Waals surface area contributed by atoms with E-state index in [0.717, 1.165) is 11.8 Å². The fourth-order valence-corrected chi connectivity index (χ4v) is 3.28. The molecular formula is C20H27BO6S. The van der Waals surface area contributed by atoms with Crippen molar-refractivity contribution in [3.8, 4) is 11.5 Å². The van der Waals surface area contributed by atoms with Crippen molar-refractivity contribution in [2.45, 2.75) is 45.8 Å². The summed E-state index contributed by atoms with van der Waals surface area (Å²) in [5.41, 5.74) is 0.820. The van der Waals surface area contributed by atoms with E-state index in [-0.39, 0.29) is 5.12 Å². The molecule has 8 heteroatoms. The zero-order valence-corrected chi connectivity index (χ0v) is 18.3. The normalized spacial score (nSPS) is 18.1. The molecule has 1 heterocycles. The standard InChI is InChI=1S/C20H27BO6S/c1-13(23)28-12-16(21-26-19(2,3)20(4,5)27-21)8-14-9-17(24-6)18(25-7)10-15(14)11-22/h8-11H,12H2,1-7H3. The van der Waals surface area contributed by atoms with Gasteiger partial charge in [0.25, 0.3) is 0 Å². The first kappa shape index (κ1) is 22.5. The van der Waals surface area contributed by atoms with E-state index in [2.05, 4.69) is 0 Å². The molecule has 0 radical (unpaired) electrons. The van der Waals surface area contributed by atoms with Crippen LogP contribution in [0.2, 0.25) is 0 Å². The maximum atomic E-state index is 11.6. The van der Waals surface area contributed by atoms with E-state index in [0.29, 0.717) is 28.4 Å². The van der Waals surface area contributed by atoms with Crippen LogP contribution in [0.3, 0.4) is 0 Å². The van der Waals surface area contributed by atoms with E-state index < -0.39 is 18.3 Å². The fraction of sp³-hybridized carbons (Fsp3) is 0.500. The number of methoxy groups -OCH3 is 2. The molecule has 0 saturated carbocycles. The van der Waals surface area contributed by atoms with Crippen LogP contribution >= 0.6 is 11.8 Å². The second kappa shape index (κ2) is 8.72. The molecule has 0 atom stereocenters. The monoisotopic (exact) mass is 406 g/mol. The molecule has 0 bridgehead atoms. The predicted molar refractivity (Wildman–Crippen MR) is 112 cm³/mol. The summed E-state index contributed by atoms with van der Waals surface area (Å²) < 4.78 is 22.9. The predicted octanol–water partition coefficient (Wildman–Crippen LogP) is 3.81. The average molecular weight is 406 g/mol. The quantitative estimate of drug-likeness (QED) is 0.504. The van der Waals surface area contributed by atoms with Gasteiger partial charge in [-0.3, -0.25) is 9.59 Å². The van der Waals surface area contributed by atoms with Crippen molar-refractivity contribution in [1.29, 1.82) is 0 Å². The molecule has 0 N–H and O–H groups in total. The summed E-state index contributed by atoms with van der Waals surface area (Å²) in [6, 6.07) is 3.35. The third-order valence-corrected chi connectivity index (χ3v) is 5.94. The molecule has 1 aliphatic heterocycles. The molecule has 1 fully saturated rings. The highest BCUT2D eigenvalue weighted by molar-refractivity contribution is 8.13. The Kier molecular flexibility index (Phi) is 7.01. The van der Waals surface area contributed by atoms with Gasteiger partial charge in [0.05, 0.1) is 25.4 Å². The van der Waals surface area contributed by atoms with E-state index >= 15 is 0 Å². The van der Waals surface area contributed by atoms with Crippen molar-refractivity contribution in [3.63, 3.8) is 0 Å². The Bertz CT molecular complexity index is 771. The maximum Gasteiger partial charge on any atom is 0.491 e. The van der Waals surface area contributed by atoms with E-state index in [1.807, 2.05) is 33.8 Å². The van der Waals surface area contributed by atoms with Gasteiger partial charge >= 0.3 is 7.12 Å². The van der Waals surface area contributed by atoms with Crippen molar-refractivity contribution < 1.29 is 28.4 Å². The van der Waals surface area contributed by atoms with Crippen molar-refractivity contribution in [1.82, 2.24) is 0 Å². The van der Waals surface area contributed by atoms with Gasteiger partial charge in [-0.05, 0) is 50.9 Å². The molecule has 0 aliphatic carbocycles. The maximum absolute atomic E-state index is 11.6. The Labute approximate surface area is 171 Å². The Hall–Kier alpha value is -1.77. The highest BCUT2D eigenvalue weighted by atomic mass is 32.2. The van der Waals surface area contributed by atoms with Crippen molar-refractivity contribution in [2.24, 2.45) is 0 Å². The zero-order valence-electron chi connectivity index (χ0n) is 17.5. The van der Waals surface area contributed by atoms with Gasteiger partial charge in [0.1, 0.15) is 0 Å². The third-order valence-electron chi connectivity index (χ3n) is 5.06. The molecule has 6 nitrogen and oxygen atoms in total. The molecule has 0 unspecified atom stereocenters. The van der Waals surface area contributed by atoms with Gasteiger partial charge in [0.2, 0.25) is 0 Å². The summed E-state index contributed by atoms with van der Waals surface area (Å²) in [4.78, 5) is 23.2. The van der Waals surface area contributed by atoms with E-state index in [1.165, 1.54) is 32.9 Å². The number of aldehydes is 1. The summed E-state index contributed by atoms with van der Waals surface area (Å²) in [5, 5.41) is -0.00894. The summed E-state index contributed by atoms with van der Waals surface area (Å²) in [5.74, 6) is 1.36. The lowest BCUT2D eigenvalue weighted by Crippen LogP contribution is -2.41. The smallest absolute Gasteiger partial charge is 0.491 e. The van der Waals surface area contributed by atoms with Gasteiger partial charge in [0, 0.05) is 18.2 Å². The first-order chi connectivity index (χ1) is 13.0. The minimum Gasteiger partial charge on any atom is -0.493 e. The van der Waals surface area contributed by atoms with Gasteiger partial charge < -0.3 is 18.8 Å². The van der Waals surface area contributed by atoms with Crippen LogP contribution in [-0.4, -0.2) is 49.7 Å². The second-order valence-electron chi connectivity index (χ2n) is 7.54. The molecule has 0 spiro atoms. The minimum atomic E-state index is -0.621. The summed E-state index contributed by atoms with van der Waals surface area (Å²) in [6.45, 7) is 9.39. The van der Waals surface area contributed by atoms with Gasteiger partial charge in [-0.15, -0.1) is 0 Å². The number of ether oxygens (including phenoxy) is 2. The number of carbonyl (C=O) groups excluding carboxylic acids is 2. The number of thioether (sulfide) groups is 1. The highest BCUT2D eigenvalue weighted by Gasteiger charge is 2.52. The molecule has 2 rings (SSSR count). The minimum absolute atomic E-state index is 0.00894. The summed E-state index contributed by atoms with van der Waals surface area (Å²) >= 11 is 1.17. The number of hydrogen-bond acceptors (Lipinski definition) is 7. The van der Waals surface area contributed by atoms with Crippen LogP contribution in [0.15, 0.2) is 17.6 Å². The number of rotatable bonds is 7. The van der Waals surface area contributed by atoms with Crippen molar-refractivity contribution in [2.75, 3.05) is 20.0 Å². The van der Waals surface area contributed by atoms with Crippen LogP contribution in [0.1, 0.15) is 50.5 Å². The van der Waals surface area contributed by atoms with Gasteiger partial charge in [0.15, 0.2) is 22.9 Å². The van der Waals surface area contributed by atoms with Gasteiger partial charge in [-0.1, -0.05) is 17.8 Å². The van der Waals surface area contributed by atoms with Crippen LogP contribution in [-0.2, 0) is 14.1 Å². The van der Waals surface area contributed by atoms with Crippen molar-refractivity contribution >= 4 is 36.4 Å². The van der Waals surface area contributed by atoms with Crippen LogP contribution in [0.5, 0.6) is 11.5 Å². The van der Waals surface area contributed by atoms with Gasteiger partial charge in [-0.25, -0.2) is 0 Å². The fourth-order valence-electron chi connectivity index (χ4n) is 2.69. The van der Waals surface area contributed by atoms with E-state index in [9.17, 15) is 9.59 Å². The molecule has 1 aliphatic rings. The molecule has 152 valence electrons. The Balaban J connectivity index is 2.51. The Morgan fingerprint density at radius 3 is 2.00 bits per heavy atom.